The van der Waals surface area contributed by atoms with Gasteiger partial charge in [-0.15, -0.1) is 0 Å². The summed E-state index contributed by atoms with van der Waals surface area (Å²) in [5.41, 5.74) is 4.77. The Labute approximate surface area is 227 Å². The minimum Gasteiger partial charge on any atom is -0.497 e. The summed E-state index contributed by atoms with van der Waals surface area (Å²) in [7, 11) is 3.34. The topological polar surface area (TPSA) is 64.1 Å². The van der Waals surface area contributed by atoms with Crippen molar-refractivity contribution in [3.63, 3.8) is 0 Å². The number of carbonyl (C=O) groups is 1. The van der Waals surface area contributed by atoms with Gasteiger partial charge in [0.05, 0.1) is 26.5 Å². The lowest BCUT2D eigenvalue weighted by atomic mass is 10.0. The van der Waals surface area contributed by atoms with Crippen LogP contribution in [0.2, 0.25) is 0 Å². The third-order valence-corrected chi connectivity index (χ3v) is 6.75. The van der Waals surface area contributed by atoms with E-state index in [1.807, 2.05) is 45.0 Å². The maximum absolute atomic E-state index is 12.7. The van der Waals surface area contributed by atoms with E-state index in [9.17, 15) is 4.79 Å². The highest BCUT2D eigenvalue weighted by Crippen LogP contribution is 2.33. The number of carbonyl (C=O) groups excluding carboxylic acids is 1. The molecule has 2 heterocycles. The summed E-state index contributed by atoms with van der Waals surface area (Å²) in [4.78, 5) is 21.7. The number of anilines is 1. The fraction of sp³-hybridized carbons (Fsp3) is 0.379. The predicted octanol–water partition coefficient (Wildman–Crippen LogP) is 6.36. The summed E-state index contributed by atoms with van der Waals surface area (Å²) in [6, 6.07) is 18.3. The monoisotopic (exact) mass is 567 g/mol. The van der Waals surface area contributed by atoms with E-state index in [1.54, 1.807) is 19.1 Å². The fourth-order valence-electron chi connectivity index (χ4n) is 4.27. The highest BCUT2D eigenvalue weighted by Gasteiger charge is 2.28. The Kier molecular flexibility index (Phi) is 8.27. The number of aromatic nitrogens is 1. The molecule has 0 unspecified atom stereocenters. The second-order valence-corrected chi connectivity index (χ2v) is 10.9. The Balaban J connectivity index is 1.64. The first-order chi connectivity index (χ1) is 17.6. The largest absolute Gasteiger partial charge is 0.497 e. The number of nitrogens with zero attached hydrogens (tertiary/aromatic N) is 3. The first-order valence-corrected chi connectivity index (χ1v) is 13.1. The molecule has 37 heavy (non-hydrogen) atoms. The number of pyridine rings is 1. The Morgan fingerprint density at radius 1 is 0.973 bits per heavy atom. The molecule has 0 saturated heterocycles. The van der Waals surface area contributed by atoms with Gasteiger partial charge in [0.2, 0.25) is 0 Å². The zero-order valence-corrected chi connectivity index (χ0v) is 23.7. The van der Waals surface area contributed by atoms with Crippen molar-refractivity contribution in [2.45, 2.75) is 52.4 Å². The van der Waals surface area contributed by atoms with Gasteiger partial charge in [-0.05, 0) is 83.7 Å². The smallest absolute Gasteiger partial charge is 0.410 e. The van der Waals surface area contributed by atoms with Crippen molar-refractivity contribution < 1.29 is 19.0 Å². The fourth-order valence-corrected chi connectivity index (χ4v) is 4.85. The summed E-state index contributed by atoms with van der Waals surface area (Å²) in [6.07, 6.45) is 0.390. The van der Waals surface area contributed by atoms with Crippen LogP contribution in [0.4, 0.5) is 10.5 Å². The molecule has 3 aromatic rings. The van der Waals surface area contributed by atoms with Gasteiger partial charge in [0.15, 0.2) is 0 Å². The second kappa shape index (κ2) is 11.4. The number of amides is 1. The van der Waals surface area contributed by atoms with Gasteiger partial charge in [0.25, 0.3) is 0 Å². The minimum atomic E-state index is -0.534. The lowest BCUT2D eigenvalue weighted by Gasteiger charge is -2.32. The molecular formula is C29H34BrN3O4. The maximum atomic E-state index is 12.7. The molecule has 196 valence electrons. The molecule has 2 aromatic carbocycles. The van der Waals surface area contributed by atoms with Crippen LogP contribution in [-0.2, 0) is 30.8 Å². The van der Waals surface area contributed by atoms with Gasteiger partial charge < -0.3 is 24.0 Å². The van der Waals surface area contributed by atoms with Gasteiger partial charge in [-0.3, -0.25) is 0 Å². The van der Waals surface area contributed by atoms with E-state index in [1.165, 1.54) is 0 Å². The molecule has 1 aliphatic rings. The number of benzene rings is 2. The molecule has 0 spiro atoms. The maximum Gasteiger partial charge on any atom is 0.410 e. The van der Waals surface area contributed by atoms with Gasteiger partial charge >= 0.3 is 6.09 Å². The molecule has 0 atom stereocenters. The zero-order chi connectivity index (χ0) is 26.6. The van der Waals surface area contributed by atoms with E-state index in [4.69, 9.17) is 19.2 Å². The average Bonchev–Trinajstić information content (AvgIpc) is 2.87. The van der Waals surface area contributed by atoms with Crippen LogP contribution in [0, 0.1) is 0 Å². The second-order valence-electron chi connectivity index (χ2n) is 10.1. The molecular weight excluding hydrogens is 534 g/mol. The first kappa shape index (κ1) is 26.8. The number of fused-ring (bicyclic) bond motifs is 1. The Hall–Kier alpha value is -3.26. The van der Waals surface area contributed by atoms with Crippen molar-refractivity contribution in [2.24, 2.45) is 0 Å². The molecule has 0 aliphatic carbocycles. The van der Waals surface area contributed by atoms with E-state index < -0.39 is 5.60 Å². The van der Waals surface area contributed by atoms with Gasteiger partial charge in [0.1, 0.15) is 21.7 Å². The average molecular weight is 569 g/mol. The van der Waals surface area contributed by atoms with Crippen LogP contribution in [0.3, 0.4) is 0 Å². The lowest BCUT2D eigenvalue weighted by Crippen LogP contribution is -2.40. The van der Waals surface area contributed by atoms with Crippen molar-refractivity contribution in [1.29, 1.82) is 0 Å². The van der Waals surface area contributed by atoms with E-state index in [0.29, 0.717) is 32.6 Å². The molecule has 8 heteroatoms. The number of halogens is 1. The summed E-state index contributed by atoms with van der Waals surface area (Å²) in [6.45, 7) is 8.05. The number of hydrogen-bond acceptors (Lipinski definition) is 6. The van der Waals surface area contributed by atoms with Crippen molar-refractivity contribution in [3.05, 3.63) is 81.6 Å². The van der Waals surface area contributed by atoms with Gasteiger partial charge in [0, 0.05) is 31.7 Å². The molecule has 1 amide bonds. The van der Waals surface area contributed by atoms with Crippen LogP contribution >= 0.6 is 15.9 Å². The van der Waals surface area contributed by atoms with Crippen LogP contribution in [0.25, 0.3) is 0 Å². The SMILES string of the molecule is COc1ccc(CN(Cc2ccc(OC)cc2)c2cc3c(nc2Br)CCN(C(=O)OC(C)(C)C)C3)cc1. The summed E-state index contributed by atoms with van der Waals surface area (Å²) >= 11 is 3.73. The first-order valence-electron chi connectivity index (χ1n) is 12.3. The molecule has 1 aliphatic heterocycles. The summed E-state index contributed by atoms with van der Waals surface area (Å²) in [5.74, 6) is 1.65. The van der Waals surface area contributed by atoms with Crippen LogP contribution in [0.15, 0.2) is 59.2 Å². The van der Waals surface area contributed by atoms with Crippen LogP contribution in [0.5, 0.6) is 11.5 Å². The molecule has 0 bridgehead atoms. The molecule has 0 N–H and O–H groups in total. The molecule has 0 radical (unpaired) electrons. The number of methoxy groups -OCH3 is 2. The zero-order valence-electron chi connectivity index (χ0n) is 22.1. The summed E-state index contributed by atoms with van der Waals surface area (Å²) < 4.78 is 17.1. The Bertz CT molecular complexity index is 1170. The lowest BCUT2D eigenvalue weighted by molar-refractivity contribution is 0.0222. The van der Waals surface area contributed by atoms with E-state index in [0.717, 1.165) is 44.2 Å². The quantitative estimate of drug-likeness (QED) is 0.309. The Morgan fingerprint density at radius 2 is 1.51 bits per heavy atom. The van der Waals surface area contributed by atoms with Crippen molar-refractivity contribution in [1.82, 2.24) is 9.88 Å². The third-order valence-electron chi connectivity index (χ3n) is 6.16. The molecule has 7 nitrogen and oxygen atoms in total. The molecule has 4 rings (SSSR count). The third kappa shape index (κ3) is 6.95. The van der Waals surface area contributed by atoms with Crippen molar-refractivity contribution >= 4 is 27.7 Å². The molecule has 0 saturated carbocycles. The van der Waals surface area contributed by atoms with Gasteiger partial charge in [-0.2, -0.15) is 0 Å². The van der Waals surface area contributed by atoms with E-state index >= 15 is 0 Å². The standard InChI is InChI=1S/C29H34BrN3O4/c1-29(2,3)37-28(34)32-15-14-25-22(19-32)16-26(27(30)31-25)33(17-20-6-10-23(35-4)11-7-20)18-21-8-12-24(36-5)13-9-21/h6-13,16H,14-15,17-19H2,1-5H3. The van der Waals surface area contributed by atoms with Crippen molar-refractivity contribution in [2.75, 3.05) is 25.7 Å². The van der Waals surface area contributed by atoms with Gasteiger partial charge in [-0.1, -0.05) is 24.3 Å². The number of hydrogen-bond donors (Lipinski definition) is 0. The van der Waals surface area contributed by atoms with Crippen molar-refractivity contribution in [3.8, 4) is 11.5 Å². The predicted molar refractivity (Wildman–Crippen MR) is 148 cm³/mol. The highest BCUT2D eigenvalue weighted by molar-refractivity contribution is 9.10. The van der Waals surface area contributed by atoms with E-state index in [2.05, 4.69) is 51.2 Å². The van der Waals surface area contributed by atoms with Crippen LogP contribution in [0.1, 0.15) is 43.2 Å². The number of rotatable bonds is 7. The normalized spacial score (nSPS) is 13.1. The van der Waals surface area contributed by atoms with Gasteiger partial charge in [-0.25, -0.2) is 9.78 Å². The van der Waals surface area contributed by atoms with Crippen LogP contribution in [-0.4, -0.2) is 42.3 Å². The Morgan fingerprint density at radius 3 is 2.00 bits per heavy atom. The van der Waals surface area contributed by atoms with E-state index in [-0.39, 0.29) is 6.09 Å². The highest BCUT2D eigenvalue weighted by atomic mass is 79.9. The summed E-state index contributed by atoms with van der Waals surface area (Å²) in [5, 5.41) is 0. The minimum absolute atomic E-state index is 0.295. The number of ether oxygens (including phenoxy) is 3. The van der Waals surface area contributed by atoms with Crippen LogP contribution < -0.4 is 14.4 Å². The molecule has 1 aromatic heterocycles. The molecule has 0 fully saturated rings.